The van der Waals surface area contributed by atoms with E-state index in [0.717, 1.165) is 0 Å². The second-order valence-electron chi connectivity index (χ2n) is 5.05. The minimum absolute atomic E-state index is 0.0704. The predicted molar refractivity (Wildman–Crippen MR) is 95.5 cm³/mol. The second-order valence-corrected chi connectivity index (χ2v) is 5.46. The Hall–Kier alpha value is -2.77. The van der Waals surface area contributed by atoms with Crippen molar-refractivity contribution in [2.75, 3.05) is 23.8 Å². The zero-order valence-corrected chi connectivity index (χ0v) is 13.8. The van der Waals surface area contributed by atoms with Crippen molar-refractivity contribution in [2.24, 2.45) is 0 Å². The molecule has 3 rings (SSSR count). The van der Waals surface area contributed by atoms with Gasteiger partial charge >= 0.3 is 0 Å². The van der Waals surface area contributed by atoms with Gasteiger partial charge < -0.3 is 15.7 Å². The molecule has 0 unspecified atom stereocenters. The first-order chi connectivity index (χ1) is 12.2. The van der Waals surface area contributed by atoms with Gasteiger partial charge in [0.25, 0.3) is 0 Å². The summed E-state index contributed by atoms with van der Waals surface area (Å²) in [5, 5.41) is 15.0. The van der Waals surface area contributed by atoms with Crippen molar-refractivity contribution in [3.05, 3.63) is 59.5 Å². The van der Waals surface area contributed by atoms with Gasteiger partial charge in [-0.15, -0.1) is 0 Å². The molecule has 0 fully saturated rings. The fraction of sp³-hybridized carbons (Fsp3) is 0.118. The van der Waals surface area contributed by atoms with Crippen molar-refractivity contribution in [1.29, 1.82) is 0 Å². The lowest BCUT2D eigenvalue weighted by Gasteiger charge is -2.12. The Bertz CT molecular complexity index is 843. The van der Waals surface area contributed by atoms with Gasteiger partial charge in [0.2, 0.25) is 5.95 Å². The average Bonchev–Trinajstić information content (AvgIpc) is 2.64. The van der Waals surface area contributed by atoms with Gasteiger partial charge in [-0.3, -0.25) is 4.98 Å². The van der Waals surface area contributed by atoms with Gasteiger partial charge in [-0.2, -0.15) is 4.98 Å². The number of aromatic nitrogens is 3. The van der Waals surface area contributed by atoms with Gasteiger partial charge in [0.15, 0.2) is 0 Å². The minimum atomic E-state index is -0.490. The molecule has 3 N–H and O–H groups in total. The van der Waals surface area contributed by atoms with Crippen molar-refractivity contribution < 1.29 is 9.50 Å². The largest absolute Gasteiger partial charge is 0.395 e. The van der Waals surface area contributed by atoms with E-state index in [-0.39, 0.29) is 29.8 Å². The summed E-state index contributed by atoms with van der Waals surface area (Å²) in [6.45, 7) is 0.213. The number of hydrogen-bond acceptors (Lipinski definition) is 6. The van der Waals surface area contributed by atoms with Crippen molar-refractivity contribution in [1.82, 2.24) is 15.0 Å². The zero-order valence-electron chi connectivity index (χ0n) is 13.1. The molecule has 0 saturated heterocycles. The first-order valence-corrected chi connectivity index (χ1v) is 7.91. The number of rotatable bonds is 6. The Balaban J connectivity index is 2.00. The molecule has 0 aliphatic carbocycles. The molecule has 0 radical (unpaired) electrons. The van der Waals surface area contributed by atoms with Crippen LogP contribution in [0.25, 0.3) is 11.4 Å². The van der Waals surface area contributed by atoms with E-state index in [1.165, 1.54) is 12.1 Å². The number of para-hydroxylation sites is 1. The molecular formula is C17H15ClFN5O. The highest BCUT2D eigenvalue weighted by atomic mass is 35.5. The highest BCUT2D eigenvalue weighted by molar-refractivity contribution is 6.33. The molecule has 0 bridgehead atoms. The number of pyridine rings is 1. The number of halogens is 2. The first-order valence-electron chi connectivity index (χ1n) is 7.53. The zero-order chi connectivity index (χ0) is 17.6. The summed E-state index contributed by atoms with van der Waals surface area (Å²) in [5.41, 5.74) is 1.31. The van der Waals surface area contributed by atoms with E-state index in [0.29, 0.717) is 17.2 Å². The van der Waals surface area contributed by atoms with E-state index >= 15 is 0 Å². The van der Waals surface area contributed by atoms with E-state index in [9.17, 15) is 4.39 Å². The Morgan fingerprint density at radius 3 is 2.68 bits per heavy atom. The van der Waals surface area contributed by atoms with Gasteiger partial charge in [-0.25, -0.2) is 9.37 Å². The van der Waals surface area contributed by atoms with Crippen LogP contribution in [0.4, 0.5) is 21.8 Å². The predicted octanol–water partition coefficient (Wildman–Crippen LogP) is 3.48. The summed E-state index contributed by atoms with van der Waals surface area (Å²) in [6.07, 6.45) is 1.65. The van der Waals surface area contributed by atoms with Crippen LogP contribution in [0, 0.1) is 5.82 Å². The van der Waals surface area contributed by atoms with Gasteiger partial charge in [0, 0.05) is 18.8 Å². The van der Waals surface area contributed by atoms with Crippen LogP contribution in [0.2, 0.25) is 5.02 Å². The number of nitrogens with one attached hydrogen (secondary N) is 2. The topological polar surface area (TPSA) is 83.0 Å². The molecule has 0 atom stereocenters. The lowest BCUT2D eigenvalue weighted by atomic mass is 10.2. The summed E-state index contributed by atoms with van der Waals surface area (Å²) in [7, 11) is 0. The number of anilines is 3. The number of nitrogens with zero attached hydrogens (tertiary/aromatic N) is 3. The summed E-state index contributed by atoms with van der Waals surface area (Å²) in [6, 6.07) is 11.5. The maximum Gasteiger partial charge on any atom is 0.225 e. The van der Waals surface area contributed by atoms with Crippen LogP contribution in [0.5, 0.6) is 0 Å². The number of benzene rings is 1. The molecule has 1 aromatic carbocycles. The van der Waals surface area contributed by atoms with Crippen LogP contribution < -0.4 is 10.6 Å². The first kappa shape index (κ1) is 17.1. The standard InChI is InChI=1S/C17H15ClFN5O/c18-11-4-3-5-12(19)16(11)23-15-10-14(13-6-1-2-7-20-13)22-17(24-15)21-8-9-25/h1-7,10,25H,8-9H2,(H2,21,22,23,24). The number of aliphatic hydroxyl groups is 1. The molecule has 2 heterocycles. The lowest BCUT2D eigenvalue weighted by Crippen LogP contribution is -2.10. The third-order valence-electron chi connectivity index (χ3n) is 3.26. The molecule has 0 saturated carbocycles. The van der Waals surface area contributed by atoms with E-state index in [2.05, 4.69) is 25.6 Å². The summed E-state index contributed by atoms with van der Waals surface area (Å²) in [5.74, 6) is 0.144. The van der Waals surface area contributed by atoms with Crippen molar-refractivity contribution in [3.63, 3.8) is 0 Å². The Morgan fingerprint density at radius 1 is 1.08 bits per heavy atom. The van der Waals surface area contributed by atoms with Crippen molar-refractivity contribution in [2.45, 2.75) is 0 Å². The molecule has 0 spiro atoms. The van der Waals surface area contributed by atoms with Crippen LogP contribution in [-0.4, -0.2) is 33.2 Å². The molecular weight excluding hydrogens is 345 g/mol. The van der Waals surface area contributed by atoms with Gasteiger partial charge in [-0.1, -0.05) is 23.7 Å². The molecule has 25 heavy (non-hydrogen) atoms. The Morgan fingerprint density at radius 2 is 1.96 bits per heavy atom. The third-order valence-corrected chi connectivity index (χ3v) is 3.58. The summed E-state index contributed by atoms with van der Waals surface area (Å²) in [4.78, 5) is 12.9. The van der Waals surface area contributed by atoms with E-state index in [1.807, 2.05) is 6.07 Å². The van der Waals surface area contributed by atoms with E-state index in [1.54, 1.807) is 30.5 Å². The highest BCUT2D eigenvalue weighted by Crippen LogP contribution is 2.29. The molecule has 0 amide bonds. The summed E-state index contributed by atoms with van der Waals surface area (Å²) >= 11 is 6.05. The monoisotopic (exact) mass is 359 g/mol. The van der Waals surface area contributed by atoms with Gasteiger partial charge in [0.05, 0.1) is 28.7 Å². The molecule has 0 aliphatic rings. The van der Waals surface area contributed by atoms with Gasteiger partial charge in [-0.05, 0) is 24.3 Å². The van der Waals surface area contributed by atoms with Crippen LogP contribution in [0.15, 0.2) is 48.7 Å². The van der Waals surface area contributed by atoms with E-state index < -0.39 is 5.82 Å². The maximum atomic E-state index is 14.0. The number of aliphatic hydroxyl groups excluding tert-OH is 1. The van der Waals surface area contributed by atoms with Gasteiger partial charge in [0.1, 0.15) is 11.6 Å². The fourth-order valence-corrected chi connectivity index (χ4v) is 2.36. The Labute approximate surface area is 148 Å². The molecule has 0 aliphatic heterocycles. The normalized spacial score (nSPS) is 10.5. The quantitative estimate of drug-likeness (QED) is 0.625. The Kier molecular flexibility index (Phi) is 5.37. The molecule has 2 aromatic heterocycles. The maximum absolute atomic E-state index is 14.0. The minimum Gasteiger partial charge on any atom is -0.395 e. The van der Waals surface area contributed by atoms with Crippen LogP contribution in [0.3, 0.4) is 0 Å². The summed E-state index contributed by atoms with van der Waals surface area (Å²) < 4.78 is 14.0. The SMILES string of the molecule is OCCNc1nc(Nc2c(F)cccc2Cl)cc(-c2ccccn2)n1. The second kappa shape index (κ2) is 7.87. The highest BCUT2D eigenvalue weighted by Gasteiger charge is 2.11. The van der Waals surface area contributed by atoms with Crippen LogP contribution in [-0.2, 0) is 0 Å². The lowest BCUT2D eigenvalue weighted by molar-refractivity contribution is 0.311. The van der Waals surface area contributed by atoms with E-state index in [4.69, 9.17) is 16.7 Å². The van der Waals surface area contributed by atoms with Crippen molar-refractivity contribution >= 4 is 29.1 Å². The van der Waals surface area contributed by atoms with Crippen LogP contribution in [0.1, 0.15) is 0 Å². The average molecular weight is 360 g/mol. The molecule has 8 heteroatoms. The fourth-order valence-electron chi connectivity index (χ4n) is 2.15. The smallest absolute Gasteiger partial charge is 0.225 e. The van der Waals surface area contributed by atoms with Crippen molar-refractivity contribution in [3.8, 4) is 11.4 Å². The third kappa shape index (κ3) is 4.20. The molecule has 128 valence electrons. The van der Waals surface area contributed by atoms with Crippen LogP contribution >= 0.6 is 11.6 Å². The molecule has 3 aromatic rings. The molecule has 6 nitrogen and oxygen atoms in total. The number of hydrogen-bond donors (Lipinski definition) is 3.